The molecule has 0 fully saturated rings. The lowest BCUT2D eigenvalue weighted by atomic mass is 9.87. The first-order chi connectivity index (χ1) is 6.66. The topological polar surface area (TPSA) is 17.1 Å². The lowest BCUT2D eigenvalue weighted by Gasteiger charge is -2.16. The van der Waals surface area contributed by atoms with Gasteiger partial charge >= 0.3 is 0 Å². The fourth-order valence-corrected chi connectivity index (χ4v) is 1.69. The van der Waals surface area contributed by atoms with Gasteiger partial charge in [-0.15, -0.1) is 0 Å². The molecule has 1 heteroatoms. The zero-order valence-corrected chi connectivity index (χ0v) is 9.16. The molecule has 1 atom stereocenters. The first kappa shape index (κ1) is 11.0. The van der Waals surface area contributed by atoms with E-state index >= 15 is 0 Å². The van der Waals surface area contributed by atoms with Crippen molar-refractivity contribution in [3.05, 3.63) is 35.9 Å². The Morgan fingerprint density at radius 3 is 2.21 bits per heavy atom. The molecular formula is C13H18O. The summed E-state index contributed by atoms with van der Waals surface area (Å²) in [5, 5.41) is 0. The van der Waals surface area contributed by atoms with Crippen LogP contribution in [0.2, 0.25) is 0 Å². The summed E-state index contributed by atoms with van der Waals surface area (Å²) in [6, 6.07) is 10.0. The highest BCUT2D eigenvalue weighted by Gasteiger charge is 2.20. The molecule has 0 heterocycles. The number of rotatable bonds is 4. The van der Waals surface area contributed by atoms with Crippen LogP contribution in [0.5, 0.6) is 0 Å². The van der Waals surface area contributed by atoms with Gasteiger partial charge in [0, 0.05) is 11.8 Å². The van der Waals surface area contributed by atoms with Crippen LogP contribution in [0.4, 0.5) is 0 Å². The lowest BCUT2D eigenvalue weighted by Crippen LogP contribution is -2.17. The number of hydrogen-bond acceptors (Lipinski definition) is 1. The maximum absolute atomic E-state index is 11.9. The van der Waals surface area contributed by atoms with E-state index in [1.807, 2.05) is 44.2 Å². The second kappa shape index (κ2) is 4.94. The summed E-state index contributed by atoms with van der Waals surface area (Å²) in [6.07, 6.45) is 0.890. The van der Waals surface area contributed by atoms with E-state index in [0.717, 1.165) is 12.0 Å². The second-order valence-electron chi connectivity index (χ2n) is 3.93. The molecule has 1 rings (SSSR count). The van der Waals surface area contributed by atoms with Crippen molar-refractivity contribution in [1.82, 2.24) is 0 Å². The van der Waals surface area contributed by atoms with Crippen LogP contribution in [0.3, 0.4) is 0 Å². The normalized spacial score (nSPS) is 12.9. The van der Waals surface area contributed by atoms with Crippen molar-refractivity contribution in [3.8, 4) is 0 Å². The van der Waals surface area contributed by atoms with E-state index in [4.69, 9.17) is 0 Å². The molecule has 0 N–H and O–H groups in total. The molecule has 0 radical (unpaired) electrons. The molecule has 0 unspecified atom stereocenters. The predicted molar refractivity (Wildman–Crippen MR) is 59.3 cm³/mol. The Labute approximate surface area is 86.1 Å². The lowest BCUT2D eigenvalue weighted by molar-refractivity contribution is -0.123. The van der Waals surface area contributed by atoms with Gasteiger partial charge in [0.2, 0.25) is 0 Å². The molecule has 14 heavy (non-hydrogen) atoms. The molecule has 76 valence electrons. The average molecular weight is 190 g/mol. The van der Waals surface area contributed by atoms with E-state index in [9.17, 15) is 4.79 Å². The number of benzene rings is 1. The first-order valence-corrected chi connectivity index (χ1v) is 5.25. The maximum atomic E-state index is 11.9. The Morgan fingerprint density at radius 2 is 1.79 bits per heavy atom. The van der Waals surface area contributed by atoms with Gasteiger partial charge in [-0.05, 0) is 12.0 Å². The molecule has 1 aromatic carbocycles. The number of hydrogen-bond donors (Lipinski definition) is 0. The third-order valence-electron chi connectivity index (χ3n) is 2.52. The number of Topliss-reactive ketones (excluding diaryl/α,β-unsaturated/α-hetero) is 1. The monoisotopic (exact) mass is 190 g/mol. The molecule has 0 spiro atoms. The van der Waals surface area contributed by atoms with Crippen LogP contribution in [0.1, 0.15) is 38.7 Å². The molecule has 1 nitrogen and oxygen atoms in total. The third kappa shape index (κ3) is 2.44. The minimum absolute atomic E-state index is 0.0798. The van der Waals surface area contributed by atoms with Crippen LogP contribution in [-0.4, -0.2) is 5.78 Å². The molecular weight excluding hydrogens is 172 g/mol. The molecule has 0 aliphatic heterocycles. The summed E-state index contributed by atoms with van der Waals surface area (Å²) in [5.41, 5.74) is 1.15. The van der Waals surface area contributed by atoms with Crippen molar-refractivity contribution in [3.63, 3.8) is 0 Å². The molecule has 0 aliphatic carbocycles. The fraction of sp³-hybridized carbons (Fsp3) is 0.462. The van der Waals surface area contributed by atoms with E-state index in [1.54, 1.807) is 0 Å². The van der Waals surface area contributed by atoms with Crippen molar-refractivity contribution < 1.29 is 4.79 Å². The van der Waals surface area contributed by atoms with Crippen molar-refractivity contribution >= 4 is 5.78 Å². The van der Waals surface area contributed by atoms with Crippen LogP contribution in [0, 0.1) is 5.92 Å². The summed E-state index contributed by atoms with van der Waals surface area (Å²) in [7, 11) is 0. The van der Waals surface area contributed by atoms with Crippen molar-refractivity contribution in [2.75, 3.05) is 0 Å². The van der Waals surface area contributed by atoms with E-state index in [0.29, 0.717) is 5.78 Å². The second-order valence-corrected chi connectivity index (χ2v) is 3.93. The Hall–Kier alpha value is -1.11. The molecule has 0 amide bonds. The maximum Gasteiger partial charge on any atom is 0.142 e. The molecule has 0 bridgehead atoms. The number of carbonyl (C=O) groups excluding carboxylic acids is 1. The van der Waals surface area contributed by atoms with Gasteiger partial charge in [-0.25, -0.2) is 0 Å². The molecule has 0 saturated heterocycles. The standard InChI is InChI=1S/C13H18O/c1-4-12(13(14)10(2)3)11-8-6-5-7-9-11/h5-10,12H,4H2,1-3H3/t12-/m1/s1. The largest absolute Gasteiger partial charge is 0.299 e. The Bertz CT molecular complexity index is 287. The first-order valence-electron chi connectivity index (χ1n) is 5.25. The van der Waals surface area contributed by atoms with Gasteiger partial charge in [0.25, 0.3) is 0 Å². The fourth-order valence-electron chi connectivity index (χ4n) is 1.69. The SMILES string of the molecule is CC[C@@H](C(=O)C(C)C)c1ccccc1. The van der Waals surface area contributed by atoms with Gasteiger partial charge < -0.3 is 0 Å². The zero-order chi connectivity index (χ0) is 10.6. The Morgan fingerprint density at radius 1 is 1.21 bits per heavy atom. The van der Waals surface area contributed by atoms with E-state index in [-0.39, 0.29) is 11.8 Å². The van der Waals surface area contributed by atoms with Crippen molar-refractivity contribution in [2.45, 2.75) is 33.1 Å². The smallest absolute Gasteiger partial charge is 0.142 e. The van der Waals surface area contributed by atoms with Crippen molar-refractivity contribution in [2.24, 2.45) is 5.92 Å². The van der Waals surface area contributed by atoms with E-state index in [2.05, 4.69) is 6.92 Å². The molecule has 0 aromatic heterocycles. The Kier molecular flexibility index (Phi) is 3.87. The number of ketones is 1. The highest BCUT2D eigenvalue weighted by molar-refractivity contribution is 5.87. The Balaban J connectivity index is 2.88. The molecule has 0 aliphatic rings. The van der Waals surface area contributed by atoms with Crippen LogP contribution < -0.4 is 0 Å². The minimum atomic E-state index is 0.0798. The van der Waals surface area contributed by atoms with E-state index < -0.39 is 0 Å². The summed E-state index contributed by atoms with van der Waals surface area (Å²) >= 11 is 0. The van der Waals surface area contributed by atoms with Crippen molar-refractivity contribution in [1.29, 1.82) is 0 Å². The molecule has 1 aromatic rings. The van der Waals surface area contributed by atoms with Gasteiger partial charge in [0.05, 0.1) is 0 Å². The minimum Gasteiger partial charge on any atom is -0.299 e. The summed E-state index contributed by atoms with van der Waals surface area (Å²) in [5.74, 6) is 0.551. The average Bonchev–Trinajstić information content (AvgIpc) is 2.20. The quantitative estimate of drug-likeness (QED) is 0.711. The summed E-state index contributed by atoms with van der Waals surface area (Å²) in [4.78, 5) is 11.9. The number of carbonyl (C=O) groups is 1. The highest BCUT2D eigenvalue weighted by atomic mass is 16.1. The van der Waals surface area contributed by atoms with Gasteiger partial charge in [-0.3, -0.25) is 4.79 Å². The van der Waals surface area contributed by atoms with Crippen LogP contribution in [0.25, 0.3) is 0 Å². The van der Waals surface area contributed by atoms with Gasteiger partial charge in [0.1, 0.15) is 5.78 Å². The van der Waals surface area contributed by atoms with Crippen LogP contribution in [-0.2, 0) is 4.79 Å². The third-order valence-corrected chi connectivity index (χ3v) is 2.52. The van der Waals surface area contributed by atoms with Gasteiger partial charge in [-0.2, -0.15) is 0 Å². The van der Waals surface area contributed by atoms with Crippen LogP contribution in [0.15, 0.2) is 30.3 Å². The predicted octanol–water partition coefficient (Wildman–Crippen LogP) is 3.41. The summed E-state index contributed by atoms with van der Waals surface area (Å²) in [6.45, 7) is 6.00. The van der Waals surface area contributed by atoms with Gasteiger partial charge in [-0.1, -0.05) is 51.1 Å². The summed E-state index contributed by atoms with van der Waals surface area (Å²) < 4.78 is 0. The highest BCUT2D eigenvalue weighted by Crippen LogP contribution is 2.23. The zero-order valence-electron chi connectivity index (χ0n) is 9.16. The van der Waals surface area contributed by atoms with Crippen LogP contribution >= 0.6 is 0 Å². The van der Waals surface area contributed by atoms with E-state index in [1.165, 1.54) is 0 Å². The molecule has 0 saturated carbocycles. The van der Waals surface area contributed by atoms with Gasteiger partial charge in [0.15, 0.2) is 0 Å².